The number of aromatic nitrogens is 1. The molecule has 2 amide bonds. The Morgan fingerprint density at radius 1 is 0.935 bits per heavy atom. The van der Waals surface area contributed by atoms with Gasteiger partial charge in [-0.2, -0.15) is 0 Å². The third kappa shape index (κ3) is 7.64. The average molecular weight is 653 g/mol. The summed E-state index contributed by atoms with van der Waals surface area (Å²) in [6, 6.07) is 27.3. The van der Waals surface area contributed by atoms with Crippen molar-refractivity contribution in [2.45, 2.75) is 18.2 Å². The van der Waals surface area contributed by atoms with Crippen LogP contribution in [0.3, 0.4) is 0 Å². The molecule has 2 aliphatic rings. The number of pyridine rings is 1. The van der Waals surface area contributed by atoms with Gasteiger partial charge < -0.3 is 15.1 Å². The first kappa shape index (κ1) is 31.1. The van der Waals surface area contributed by atoms with Gasteiger partial charge in [-0.3, -0.25) is 9.59 Å². The maximum absolute atomic E-state index is 12.7. The van der Waals surface area contributed by atoms with Gasteiger partial charge in [0.25, 0.3) is 15.9 Å². The summed E-state index contributed by atoms with van der Waals surface area (Å²) in [6.45, 7) is 5.46. The number of anilines is 2. The van der Waals surface area contributed by atoms with Gasteiger partial charge in [0.05, 0.1) is 21.9 Å². The van der Waals surface area contributed by atoms with Gasteiger partial charge in [0, 0.05) is 38.1 Å². The third-order valence-corrected chi connectivity index (χ3v) is 9.87. The number of amides is 2. The van der Waals surface area contributed by atoms with Crippen LogP contribution in [0.15, 0.2) is 112 Å². The van der Waals surface area contributed by atoms with Crippen LogP contribution < -0.4 is 19.8 Å². The number of benzene rings is 3. The number of carbonyl (C=O) groups excluding carboxylic acids is 2. The number of aliphatic imine (C=N–C) groups is 1. The van der Waals surface area contributed by atoms with E-state index < -0.39 is 15.9 Å². The van der Waals surface area contributed by atoms with E-state index >= 15 is 0 Å². The molecule has 6 rings (SSSR count). The summed E-state index contributed by atoms with van der Waals surface area (Å²) in [6.07, 6.45) is 3.55. The molecule has 2 fully saturated rings. The fraction of sp³-hybridized carbons (Fsp3) is 0.176. The summed E-state index contributed by atoms with van der Waals surface area (Å²) in [7, 11) is -3.95. The minimum absolute atomic E-state index is 0.0330. The van der Waals surface area contributed by atoms with E-state index in [1.807, 2.05) is 49.5 Å². The standard InChI is InChI=1S/C34H32N6O4S2/c1-24-5-15-29(16-6-24)46(43,44)38-32(41)23-26-7-11-27(12-8-26)36-34-37-33(42)30(45-34)22-25-9-13-28(14-10-25)39-18-20-40(21-19-39)31-4-2-3-17-35-31/h2-17,22H,18-21,23H2,1H3,(H,38,41)(H,36,37,42)/b30-22-. The number of hydrogen-bond acceptors (Lipinski definition) is 9. The molecular formula is C34H32N6O4S2. The fourth-order valence-corrected chi connectivity index (χ4v) is 6.93. The molecule has 4 aromatic rings. The largest absolute Gasteiger partial charge is 0.368 e. The quantitative estimate of drug-likeness (QED) is 0.264. The van der Waals surface area contributed by atoms with Crippen molar-refractivity contribution >= 4 is 62.0 Å². The van der Waals surface area contributed by atoms with Crippen LogP contribution in [0.25, 0.3) is 6.08 Å². The lowest BCUT2D eigenvalue weighted by Gasteiger charge is -2.36. The molecule has 0 saturated carbocycles. The van der Waals surface area contributed by atoms with Crippen molar-refractivity contribution in [2.75, 3.05) is 36.0 Å². The number of thioether (sulfide) groups is 1. The number of rotatable bonds is 8. The van der Waals surface area contributed by atoms with E-state index in [0.29, 0.717) is 21.3 Å². The highest BCUT2D eigenvalue weighted by Crippen LogP contribution is 2.29. The second-order valence-corrected chi connectivity index (χ2v) is 13.6. The van der Waals surface area contributed by atoms with Gasteiger partial charge in [0.1, 0.15) is 5.82 Å². The third-order valence-electron chi connectivity index (χ3n) is 7.57. The highest BCUT2D eigenvalue weighted by molar-refractivity contribution is 8.18. The average Bonchev–Trinajstić information content (AvgIpc) is 3.40. The van der Waals surface area contributed by atoms with Crippen molar-refractivity contribution in [1.82, 2.24) is 15.0 Å². The number of piperazine rings is 1. The zero-order valence-corrected chi connectivity index (χ0v) is 26.7. The van der Waals surface area contributed by atoms with Crippen LogP contribution in [-0.4, -0.2) is 56.6 Å². The van der Waals surface area contributed by atoms with Crippen molar-refractivity contribution in [3.63, 3.8) is 0 Å². The number of nitrogens with one attached hydrogen (secondary N) is 2. The summed E-state index contributed by atoms with van der Waals surface area (Å²) in [4.78, 5) is 39.3. The van der Waals surface area contributed by atoms with Crippen molar-refractivity contribution in [2.24, 2.45) is 4.99 Å². The Labute approximate surface area is 272 Å². The molecule has 0 bridgehead atoms. The van der Waals surface area contributed by atoms with Gasteiger partial charge in [-0.15, -0.1) is 0 Å². The molecule has 0 unspecified atom stereocenters. The van der Waals surface area contributed by atoms with Crippen LogP contribution >= 0.6 is 11.8 Å². The normalized spacial score (nSPS) is 16.9. The number of amidine groups is 1. The SMILES string of the molecule is Cc1ccc(S(=O)(=O)NC(=O)Cc2ccc(N=C3NC(=O)/C(=C/c4ccc(N5CCN(c6ccccn6)CC5)cc4)S3)cc2)cc1. The van der Waals surface area contributed by atoms with Crippen molar-refractivity contribution in [3.05, 3.63) is 119 Å². The smallest absolute Gasteiger partial charge is 0.264 e. The molecule has 2 aliphatic heterocycles. The minimum Gasteiger partial charge on any atom is -0.368 e. The highest BCUT2D eigenvalue weighted by atomic mass is 32.2. The van der Waals surface area contributed by atoms with Gasteiger partial charge >= 0.3 is 0 Å². The van der Waals surface area contributed by atoms with E-state index in [1.165, 1.54) is 23.9 Å². The Hall–Kier alpha value is -4.94. The Bertz CT molecular complexity index is 1890. The van der Waals surface area contributed by atoms with Gasteiger partial charge in [0.2, 0.25) is 5.91 Å². The van der Waals surface area contributed by atoms with Crippen LogP contribution in [0.1, 0.15) is 16.7 Å². The summed E-state index contributed by atoms with van der Waals surface area (Å²) in [5.41, 5.74) is 4.20. The molecule has 10 nitrogen and oxygen atoms in total. The molecule has 2 N–H and O–H groups in total. The monoisotopic (exact) mass is 652 g/mol. The second kappa shape index (κ2) is 13.6. The minimum atomic E-state index is -3.95. The van der Waals surface area contributed by atoms with Crippen LogP contribution in [-0.2, 0) is 26.0 Å². The van der Waals surface area contributed by atoms with E-state index in [0.717, 1.165) is 48.8 Å². The predicted octanol–water partition coefficient (Wildman–Crippen LogP) is 4.66. The molecule has 46 heavy (non-hydrogen) atoms. The second-order valence-electron chi connectivity index (χ2n) is 10.9. The Kier molecular flexibility index (Phi) is 9.18. The van der Waals surface area contributed by atoms with Gasteiger partial charge in [-0.1, -0.05) is 48.0 Å². The maximum Gasteiger partial charge on any atom is 0.264 e. The number of sulfonamides is 1. The topological polar surface area (TPSA) is 124 Å². The molecule has 0 radical (unpaired) electrons. The first-order chi connectivity index (χ1) is 22.2. The number of aryl methyl sites for hydroxylation is 1. The summed E-state index contributed by atoms with van der Waals surface area (Å²) < 4.78 is 27.1. The summed E-state index contributed by atoms with van der Waals surface area (Å²) in [5.74, 6) is 0.149. The van der Waals surface area contributed by atoms with E-state index in [1.54, 1.807) is 36.4 Å². The van der Waals surface area contributed by atoms with E-state index in [2.05, 4.69) is 41.9 Å². The Morgan fingerprint density at radius 3 is 2.30 bits per heavy atom. The number of carbonyl (C=O) groups is 2. The molecule has 2 saturated heterocycles. The van der Waals surface area contributed by atoms with Crippen molar-refractivity contribution < 1.29 is 18.0 Å². The zero-order chi connectivity index (χ0) is 32.1. The number of nitrogens with zero attached hydrogens (tertiary/aromatic N) is 4. The maximum atomic E-state index is 12.7. The first-order valence-corrected chi connectivity index (χ1v) is 17.0. The van der Waals surface area contributed by atoms with Crippen molar-refractivity contribution in [1.29, 1.82) is 0 Å². The van der Waals surface area contributed by atoms with Gasteiger partial charge in [-0.25, -0.2) is 23.1 Å². The van der Waals surface area contributed by atoms with Crippen LogP contribution in [0.5, 0.6) is 0 Å². The molecule has 12 heteroatoms. The molecule has 3 aromatic carbocycles. The first-order valence-electron chi connectivity index (χ1n) is 14.7. The Morgan fingerprint density at radius 2 is 1.63 bits per heavy atom. The lowest BCUT2D eigenvalue weighted by Crippen LogP contribution is -2.46. The predicted molar refractivity (Wildman–Crippen MR) is 183 cm³/mol. The van der Waals surface area contributed by atoms with Gasteiger partial charge in [-0.05, 0) is 84.4 Å². The van der Waals surface area contributed by atoms with Crippen molar-refractivity contribution in [3.8, 4) is 0 Å². The molecule has 234 valence electrons. The van der Waals surface area contributed by atoms with Crippen LogP contribution in [0.4, 0.5) is 17.2 Å². The summed E-state index contributed by atoms with van der Waals surface area (Å²) in [5, 5.41) is 3.25. The summed E-state index contributed by atoms with van der Waals surface area (Å²) >= 11 is 1.26. The molecule has 0 aliphatic carbocycles. The molecular weight excluding hydrogens is 621 g/mol. The van der Waals surface area contributed by atoms with E-state index in [4.69, 9.17) is 0 Å². The molecule has 3 heterocycles. The zero-order valence-electron chi connectivity index (χ0n) is 25.1. The number of hydrogen-bond donors (Lipinski definition) is 2. The highest BCUT2D eigenvalue weighted by Gasteiger charge is 2.24. The lowest BCUT2D eigenvalue weighted by atomic mass is 10.1. The van der Waals surface area contributed by atoms with Crippen LogP contribution in [0, 0.1) is 6.92 Å². The molecule has 0 spiro atoms. The molecule has 0 atom stereocenters. The van der Waals surface area contributed by atoms with E-state index in [-0.39, 0.29) is 17.2 Å². The lowest BCUT2D eigenvalue weighted by molar-refractivity contribution is -0.118. The van der Waals surface area contributed by atoms with Crippen LogP contribution in [0.2, 0.25) is 0 Å². The fourth-order valence-electron chi connectivity index (χ4n) is 5.10. The van der Waals surface area contributed by atoms with Gasteiger partial charge in [0.15, 0.2) is 5.17 Å². The van der Waals surface area contributed by atoms with E-state index in [9.17, 15) is 18.0 Å². The Balaban J connectivity index is 1.02. The molecule has 1 aromatic heterocycles.